The number of amides is 2. The molecule has 2 aromatic rings. The number of para-hydroxylation sites is 1. The van der Waals surface area contributed by atoms with Gasteiger partial charge in [0.1, 0.15) is 0 Å². The number of rotatable bonds is 2. The molecule has 2 amide bonds. The molecule has 0 saturated heterocycles. The average molecular weight is 389 g/mol. The molecule has 0 unspecified atom stereocenters. The van der Waals surface area contributed by atoms with Crippen molar-refractivity contribution in [2.75, 3.05) is 10.6 Å². The van der Waals surface area contributed by atoms with E-state index in [0.717, 1.165) is 15.6 Å². The van der Waals surface area contributed by atoms with Crippen LogP contribution in [0.3, 0.4) is 0 Å². The molecule has 0 aliphatic rings. The zero-order valence-corrected chi connectivity index (χ0v) is 15.8. The van der Waals surface area contributed by atoms with Crippen molar-refractivity contribution >= 4 is 39.1 Å². The Balaban J connectivity index is 2.14. The number of aryl methyl sites for hydroxylation is 1. The van der Waals surface area contributed by atoms with Crippen molar-refractivity contribution in [1.82, 2.24) is 0 Å². The van der Waals surface area contributed by atoms with E-state index in [9.17, 15) is 9.59 Å². The van der Waals surface area contributed by atoms with Crippen LogP contribution in [0.1, 0.15) is 31.9 Å². The van der Waals surface area contributed by atoms with Gasteiger partial charge in [0.2, 0.25) is 0 Å². The lowest BCUT2D eigenvalue weighted by Crippen LogP contribution is -2.30. The van der Waals surface area contributed by atoms with E-state index >= 15 is 0 Å². The van der Waals surface area contributed by atoms with E-state index < -0.39 is 11.8 Å². The van der Waals surface area contributed by atoms with Gasteiger partial charge in [-0.05, 0) is 47.7 Å². The van der Waals surface area contributed by atoms with Crippen LogP contribution in [0, 0.1) is 6.92 Å². The second kappa shape index (κ2) is 7.18. The van der Waals surface area contributed by atoms with Crippen LogP contribution in [0.5, 0.6) is 0 Å². The number of anilines is 2. The van der Waals surface area contributed by atoms with Crippen molar-refractivity contribution in [3.8, 4) is 0 Å². The molecular weight excluding hydrogens is 368 g/mol. The smallest absolute Gasteiger partial charge is 0.314 e. The molecule has 2 N–H and O–H groups in total. The van der Waals surface area contributed by atoms with Gasteiger partial charge in [0.25, 0.3) is 0 Å². The topological polar surface area (TPSA) is 58.2 Å². The van der Waals surface area contributed by atoms with Crippen LogP contribution in [0.15, 0.2) is 46.9 Å². The molecule has 2 rings (SSSR count). The highest BCUT2D eigenvalue weighted by Crippen LogP contribution is 2.29. The Labute approximate surface area is 150 Å². The Kier molecular flexibility index (Phi) is 5.44. The van der Waals surface area contributed by atoms with Gasteiger partial charge in [-0.25, -0.2) is 0 Å². The van der Waals surface area contributed by atoms with Gasteiger partial charge in [-0.2, -0.15) is 0 Å². The Hall–Kier alpha value is -2.14. The van der Waals surface area contributed by atoms with Gasteiger partial charge in [-0.3, -0.25) is 9.59 Å². The average Bonchev–Trinajstić information content (AvgIpc) is 2.49. The summed E-state index contributed by atoms with van der Waals surface area (Å²) in [4.78, 5) is 24.4. The number of nitrogens with one attached hydrogen (secondary N) is 2. The summed E-state index contributed by atoms with van der Waals surface area (Å²) in [6.07, 6.45) is 0. The predicted molar refractivity (Wildman–Crippen MR) is 101 cm³/mol. The number of carbonyl (C=O) groups is 2. The Morgan fingerprint density at radius 3 is 2.08 bits per heavy atom. The Morgan fingerprint density at radius 1 is 0.917 bits per heavy atom. The first kappa shape index (κ1) is 18.2. The lowest BCUT2D eigenvalue weighted by atomic mass is 9.86. The summed E-state index contributed by atoms with van der Waals surface area (Å²) in [7, 11) is 0. The largest absolute Gasteiger partial charge is 0.318 e. The maximum atomic E-state index is 12.2. The van der Waals surface area contributed by atoms with E-state index in [0.29, 0.717) is 11.4 Å². The second-order valence-electron chi connectivity index (χ2n) is 6.66. The van der Waals surface area contributed by atoms with Crippen LogP contribution in [0.25, 0.3) is 0 Å². The van der Waals surface area contributed by atoms with E-state index in [4.69, 9.17) is 0 Å². The first-order chi connectivity index (χ1) is 11.2. The molecule has 4 nitrogen and oxygen atoms in total. The van der Waals surface area contributed by atoms with Crippen LogP contribution in [-0.4, -0.2) is 11.8 Å². The van der Waals surface area contributed by atoms with Gasteiger partial charge >= 0.3 is 11.8 Å². The van der Waals surface area contributed by atoms with E-state index in [1.165, 1.54) is 0 Å². The highest BCUT2D eigenvalue weighted by atomic mass is 79.9. The van der Waals surface area contributed by atoms with Crippen molar-refractivity contribution in [1.29, 1.82) is 0 Å². The summed E-state index contributed by atoms with van der Waals surface area (Å²) in [6.45, 7) is 8.04. The molecule has 0 saturated carbocycles. The Bertz CT molecular complexity index is 779. The lowest BCUT2D eigenvalue weighted by molar-refractivity contribution is -0.133. The molecule has 0 bridgehead atoms. The van der Waals surface area contributed by atoms with Crippen LogP contribution in [0.2, 0.25) is 0 Å². The van der Waals surface area contributed by atoms with E-state index in [2.05, 4.69) is 47.3 Å². The summed E-state index contributed by atoms with van der Waals surface area (Å²) in [5.74, 6) is -1.38. The minimum atomic E-state index is -0.691. The molecule has 0 aromatic heterocycles. The van der Waals surface area contributed by atoms with Crippen molar-refractivity contribution < 1.29 is 9.59 Å². The van der Waals surface area contributed by atoms with Crippen molar-refractivity contribution in [2.24, 2.45) is 0 Å². The molecule has 0 fully saturated rings. The molecule has 0 spiro atoms. The number of hydrogen-bond acceptors (Lipinski definition) is 2. The van der Waals surface area contributed by atoms with Gasteiger partial charge in [-0.15, -0.1) is 0 Å². The quantitative estimate of drug-likeness (QED) is 0.736. The molecule has 0 radical (unpaired) electrons. The molecule has 24 heavy (non-hydrogen) atoms. The van der Waals surface area contributed by atoms with E-state index in [-0.39, 0.29) is 5.41 Å². The van der Waals surface area contributed by atoms with Gasteiger partial charge in [0.05, 0.1) is 0 Å². The predicted octanol–water partition coefficient (Wildman–Crippen LogP) is 4.63. The molecular formula is C19H21BrN2O2. The summed E-state index contributed by atoms with van der Waals surface area (Å²) in [5, 5.41) is 5.35. The number of benzene rings is 2. The summed E-state index contributed by atoms with van der Waals surface area (Å²) < 4.78 is 0.918. The minimum Gasteiger partial charge on any atom is -0.318 e. The fourth-order valence-electron chi connectivity index (χ4n) is 2.37. The van der Waals surface area contributed by atoms with Gasteiger partial charge in [-0.1, -0.05) is 54.9 Å². The first-order valence-electron chi connectivity index (χ1n) is 7.66. The molecule has 0 atom stereocenters. The maximum absolute atomic E-state index is 12.2. The molecule has 0 aliphatic heterocycles. The third kappa shape index (κ3) is 4.45. The molecule has 2 aromatic carbocycles. The summed E-state index contributed by atoms with van der Waals surface area (Å²) in [5.41, 5.74) is 2.98. The van der Waals surface area contributed by atoms with E-state index in [1.807, 2.05) is 37.3 Å². The zero-order valence-electron chi connectivity index (χ0n) is 14.2. The first-order valence-corrected chi connectivity index (χ1v) is 8.46. The fraction of sp³-hybridized carbons (Fsp3) is 0.263. The molecule has 0 aliphatic carbocycles. The van der Waals surface area contributed by atoms with Crippen LogP contribution < -0.4 is 10.6 Å². The van der Waals surface area contributed by atoms with Gasteiger partial charge < -0.3 is 10.6 Å². The van der Waals surface area contributed by atoms with Crippen molar-refractivity contribution in [2.45, 2.75) is 33.1 Å². The summed E-state index contributed by atoms with van der Waals surface area (Å²) >= 11 is 3.37. The van der Waals surface area contributed by atoms with E-state index in [1.54, 1.807) is 12.1 Å². The monoisotopic (exact) mass is 388 g/mol. The molecule has 5 heteroatoms. The van der Waals surface area contributed by atoms with Crippen LogP contribution in [0.4, 0.5) is 11.4 Å². The van der Waals surface area contributed by atoms with Crippen LogP contribution >= 0.6 is 15.9 Å². The highest BCUT2D eigenvalue weighted by Gasteiger charge is 2.21. The molecule has 126 valence electrons. The number of carbonyl (C=O) groups excluding carboxylic acids is 2. The zero-order chi connectivity index (χ0) is 17.9. The highest BCUT2D eigenvalue weighted by molar-refractivity contribution is 9.10. The summed E-state index contributed by atoms with van der Waals surface area (Å²) in [6, 6.07) is 13.0. The third-order valence-corrected chi connectivity index (χ3v) is 4.12. The standard InChI is InChI=1S/C19H21BrN2O2/c1-12-11-13(20)9-10-15(12)21-17(23)18(24)22-16-8-6-5-7-14(16)19(2,3)4/h5-11H,1-4H3,(H,21,23)(H,22,24). The van der Waals surface area contributed by atoms with Crippen LogP contribution in [-0.2, 0) is 15.0 Å². The van der Waals surface area contributed by atoms with Gasteiger partial charge in [0.15, 0.2) is 0 Å². The Morgan fingerprint density at radius 2 is 1.50 bits per heavy atom. The lowest BCUT2D eigenvalue weighted by Gasteiger charge is -2.22. The third-order valence-electron chi connectivity index (χ3n) is 3.63. The SMILES string of the molecule is Cc1cc(Br)ccc1NC(=O)C(=O)Nc1ccccc1C(C)(C)C. The number of hydrogen-bond donors (Lipinski definition) is 2. The number of halogens is 1. The maximum Gasteiger partial charge on any atom is 0.314 e. The van der Waals surface area contributed by atoms with Crippen molar-refractivity contribution in [3.05, 3.63) is 58.1 Å². The van der Waals surface area contributed by atoms with Crippen molar-refractivity contribution in [3.63, 3.8) is 0 Å². The molecule has 0 heterocycles. The van der Waals surface area contributed by atoms with Gasteiger partial charge in [0, 0.05) is 15.8 Å². The second-order valence-corrected chi connectivity index (χ2v) is 7.58. The normalized spacial score (nSPS) is 11.0. The fourth-order valence-corrected chi connectivity index (χ4v) is 2.85. The minimum absolute atomic E-state index is 0.136.